The van der Waals surface area contributed by atoms with Gasteiger partial charge in [0.05, 0.1) is 5.70 Å². The maximum absolute atomic E-state index is 11.9. The van der Waals surface area contributed by atoms with Crippen molar-refractivity contribution in [3.8, 4) is 0 Å². The van der Waals surface area contributed by atoms with Crippen LogP contribution in [0.4, 0.5) is 0 Å². The van der Waals surface area contributed by atoms with Crippen molar-refractivity contribution in [2.45, 2.75) is 33.6 Å². The molecule has 0 bridgehead atoms. The first-order chi connectivity index (χ1) is 7.10. The normalized spacial score (nSPS) is 13.2. The average molecular weight is 207 g/mol. The predicted octanol–water partition coefficient (Wildman–Crippen LogP) is 2.98. The lowest BCUT2D eigenvalue weighted by atomic mass is 10.0. The van der Waals surface area contributed by atoms with Crippen molar-refractivity contribution in [1.82, 2.24) is 5.32 Å². The molecule has 0 aliphatic rings. The van der Waals surface area contributed by atoms with Gasteiger partial charge in [-0.1, -0.05) is 25.7 Å². The molecule has 0 fully saturated rings. The quantitative estimate of drug-likeness (QED) is 0.536. The van der Waals surface area contributed by atoms with Gasteiger partial charge in [-0.15, -0.1) is 0 Å². The van der Waals surface area contributed by atoms with E-state index in [0.29, 0.717) is 6.42 Å². The van der Waals surface area contributed by atoms with Gasteiger partial charge >= 0.3 is 0 Å². The van der Waals surface area contributed by atoms with Crippen molar-refractivity contribution in [2.24, 2.45) is 0 Å². The number of carbonyl (C=O) groups excluding carboxylic acids is 1. The minimum absolute atomic E-state index is 0.129. The second kappa shape index (κ2) is 7.04. The van der Waals surface area contributed by atoms with Crippen molar-refractivity contribution in [3.63, 3.8) is 0 Å². The molecule has 0 saturated heterocycles. The Kier molecular flexibility index (Phi) is 6.43. The molecule has 0 atom stereocenters. The fourth-order valence-corrected chi connectivity index (χ4v) is 1.33. The van der Waals surface area contributed by atoms with E-state index < -0.39 is 0 Å². The van der Waals surface area contributed by atoms with Gasteiger partial charge in [-0.05, 0) is 31.4 Å². The lowest BCUT2D eigenvalue weighted by molar-refractivity contribution is -0.115. The van der Waals surface area contributed by atoms with Crippen molar-refractivity contribution < 1.29 is 4.79 Å². The number of ketones is 1. The van der Waals surface area contributed by atoms with Gasteiger partial charge in [0.25, 0.3) is 0 Å². The van der Waals surface area contributed by atoms with E-state index >= 15 is 0 Å². The minimum atomic E-state index is 0.129. The number of likely N-dealkylation sites (N-methyl/N-ethyl adjacent to an activating group) is 1. The smallest absolute Gasteiger partial charge is 0.182 e. The predicted molar refractivity (Wildman–Crippen MR) is 65.6 cm³/mol. The van der Waals surface area contributed by atoms with Crippen LogP contribution in [-0.2, 0) is 4.79 Å². The Labute approximate surface area is 92.8 Å². The summed E-state index contributed by atoms with van der Waals surface area (Å²) in [5, 5.41) is 2.97. The molecule has 0 aliphatic heterocycles. The van der Waals surface area contributed by atoms with Crippen LogP contribution in [0.15, 0.2) is 35.6 Å². The third-order valence-corrected chi connectivity index (χ3v) is 2.48. The molecule has 0 aliphatic carbocycles. The second-order valence-corrected chi connectivity index (χ2v) is 3.43. The van der Waals surface area contributed by atoms with E-state index in [2.05, 4.69) is 11.9 Å². The Hall–Kier alpha value is -1.31. The number of carbonyl (C=O) groups is 1. The van der Waals surface area contributed by atoms with Crippen molar-refractivity contribution in [1.29, 1.82) is 0 Å². The van der Waals surface area contributed by atoms with Crippen LogP contribution in [0, 0.1) is 0 Å². The molecule has 15 heavy (non-hydrogen) atoms. The van der Waals surface area contributed by atoms with Crippen molar-refractivity contribution >= 4 is 5.78 Å². The molecule has 0 unspecified atom stereocenters. The monoisotopic (exact) mass is 207 g/mol. The molecule has 0 aromatic rings. The van der Waals surface area contributed by atoms with Gasteiger partial charge in [0, 0.05) is 13.5 Å². The van der Waals surface area contributed by atoms with E-state index in [1.165, 1.54) is 0 Å². The van der Waals surface area contributed by atoms with Crippen LogP contribution >= 0.6 is 0 Å². The van der Waals surface area contributed by atoms with Gasteiger partial charge < -0.3 is 5.32 Å². The van der Waals surface area contributed by atoms with Crippen LogP contribution in [-0.4, -0.2) is 12.8 Å². The fraction of sp³-hybridized carbons (Fsp3) is 0.462. The molecule has 0 aromatic heterocycles. The number of allylic oxidation sites excluding steroid dienone is 5. The molecule has 0 heterocycles. The Balaban J connectivity index is 4.77. The highest BCUT2D eigenvalue weighted by Gasteiger charge is 2.11. The van der Waals surface area contributed by atoms with E-state index in [9.17, 15) is 4.79 Å². The molecule has 0 spiro atoms. The molecular weight excluding hydrogens is 186 g/mol. The van der Waals surface area contributed by atoms with E-state index in [1.807, 2.05) is 26.8 Å². The first kappa shape index (κ1) is 13.7. The van der Waals surface area contributed by atoms with Crippen LogP contribution in [0.25, 0.3) is 0 Å². The largest absolute Gasteiger partial charge is 0.385 e. The molecule has 0 amide bonds. The summed E-state index contributed by atoms with van der Waals surface area (Å²) in [5.41, 5.74) is 2.80. The molecule has 84 valence electrons. The average Bonchev–Trinajstić information content (AvgIpc) is 2.26. The third kappa shape index (κ3) is 4.15. The van der Waals surface area contributed by atoms with Gasteiger partial charge in [0.1, 0.15) is 0 Å². The highest BCUT2D eigenvalue weighted by Crippen LogP contribution is 2.12. The third-order valence-electron chi connectivity index (χ3n) is 2.48. The van der Waals surface area contributed by atoms with Crippen LogP contribution in [0.3, 0.4) is 0 Å². The molecule has 2 nitrogen and oxygen atoms in total. The Morgan fingerprint density at radius 1 is 1.47 bits per heavy atom. The summed E-state index contributed by atoms with van der Waals surface area (Å²) >= 11 is 0. The zero-order valence-electron chi connectivity index (χ0n) is 10.2. The molecule has 1 N–H and O–H groups in total. The highest BCUT2D eigenvalue weighted by atomic mass is 16.1. The number of rotatable bonds is 6. The summed E-state index contributed by atoms with van der Waals surface area (Å²) < 4.78 is 0. The summed E-state index contributed by atoms with van der Waals surface area (Å²) in [5.74, 6) is 0.129. The highest BCUT2D eigenvalue weighted by molar-refractivity contribution is 5.97. The van der Waals surface area contributed by atoms with Gasteiger partial charge in [-0.3, -0.25) is 4.79 Å². The number of hydrogen-bond donors (Lipinski definition) is 1. The van der Waals surface area contributed by atoms with E-state index in [4.69, 9.17) is 0 Å². The molecule has 2 heteroatoms. The van der Waals surface area contributed by atoms with Crippen LogP contribution in [0.1, 0.15) is 33.6 Å². The van der Waals surface area contributed by atoms with Crippen LogP contribution < -0.4 is 5.32 Å². The summed E-state index contributed by atoms with van der Waals surface area (Å²) in [7, 11) is 1.79. The van der Waals surface area contributed by atoms with Crippen LogP contribution in [0.5, 0.6) is 0 Å². The summed E-state index contributed by atoms with van der Waals surface area (Å²) in [6, 6.07) is 0. The maximum Gasteiger partial charge on any atom is 0.182 e. The van der Waals surface area contributed by atoms with Crippen molar-refractivity contribution in [3.05, 3.63) is 35.6 Å². The fourth-order valence-electron chi connectivity index (χ4n) is 1.33. The molecular formula is C13H21NO. The molecule has 0 aromatic carbocycles. The van der Waals surface area contributed by atoms with Gasteiger partial charge in [-0.25, -0.2) is 0 Å². The SMILES string of the molecule is C=C/C(=C\C)CC(=O)/C(NC)=C(\C)CC. The van der Waals surface area contributed by atoms with Gasteiger partial charge in [-0.2, -0.15) is 0 Å². The first-order valence-electron chi connectivity index (χ1n) is 5.28. The number of Topliss-reactive ketones (excluding diaryl/α,β-unsaturated/α-hetero) is 1. The Bertz CT molecular complexity index is 298. The number of nitrogens with one attached hydrogen (secondary N) is 1. The van der Waals surface area contributed by atoms with E-state index in [0.717, 1.165) is 23.3 Å². The first-order valence-corrected chi connectivity index (χ1v) is 5.28. The molecule has 0 rings (SSSR count). The van der Waals surface area contributed by atoms with Gasteiger partial charge in [0.2, 0.25) is 0 Å². The molecule has 0 saturated carbocycles. The second-order valence-electron chi connectivity index (χ2n) is 3.43. The lowest BCUT2D eigenvalue weighted by Gasteiger charge is -2.09. The zero-order chi connectivity index (χ0) is 11.8. The standard InChI is InChI=1S/C13H21NO/c1-6-10(4)13(14-5)12(15)9-11(7-2)8-3/h7-8,14H,2,6,9H2,1,3-5H3/b11-8+,13-10-. The van der Waals surface area contributed by atoms with E-state index in [1.54, 1.807) is 13.1 Å². The van der Waals surface area contributed by atoms with Crippen molar-refractivity contribution in [2.75, 3.05) is 7.05 Å². The lowest BCUT2D eigenvalue weighted by Crippen LogP contribution is -2.18. The zero-order valence-corrected chi connectivity index (χ0v) is 10.2. The Morgan fingerprint density at radius 3 is 2.40 bits per heavy atom. The topological polar surface area (TPSA) is 29.1 Å². The maximum atomic E-state index is 11.9. The van der Waals surface area contributed by atoms with Crippen LogP contribution in [0.2, 0.25) is 0 Å². The summed E-state index contributed by atoms with van der Waals surface area (Å²) in [6.07, 6.45) is 4.96. The number of hydrogen-bond acceptors (Lipinski definition) is 2. The van der Waals surface area contributed by atoms with Gasteiger partial charge in [0.15, 0.2) is 5.78 Å². The minimum Gasteiger partial charge on any atom is -0.385 e. The Morgan fingerprint density at radius 2 is 2.07 bits per heavy atom. The summed E-state index contributed by atoms with van der Waals surface area (Å²) in [4.78, 5) is 11.9. The summed E-state index contributed by atoms with van der Waals surface area (Å²) in [6.45, 7) is 9.62. The molecule has 0 radical (unpaired) electrons. The van der Waals surface area contributed by atoms with E-state index in [-0.39, 0.29) is 5.78 Å².